The molecule has 0 aliphatic carbocycles. The molecule has 2 rings (SSSR count). The number of ether oxygens (including phenoxy) is 1. The van der Waals surface area contributed by atoms with Crippen LogP contribution in [0.1, 0.15) is 9.80 Å². The molecule has 1 N–H and O–H groups in total. The van der Waals surface area contributed by atoms with E-state index in [9.17, 15) is 4.79 Å². The number of rotatable bonds is 4. The highest BCUT2D eigenvalue weighted by Crippen LogP contribution is 2.26. The minimum atomic E-state index is -0.177. The summed E-state index contributed by atoms with van der Waals surface area (Å²) in [4.78, 5) is 17.7. The molecular weight excluding hydrogens is 252 g/mol. The van der Waals surface area contributed by atoms with Gasteiger partial charge in [0.15, 0.2) is 5.01 Å². The van der Waals surface area contributed by atoms with Gasteiger partial charge in [-0.1, -0.05) is 0 Å². The number of fused-ring (bicyclic) bond motifs is 1. The summed E-state index contributed by atoms with van der Waals surface area (Å²) in [5.41, 5.74) is 0.750. The fourth-order valence-electron chi connectivity index (χ4n) is 1.54. The third-order valence-electron chi connectivity index (χ3n) is 2.56. The van der Waals surface area contributed by atoms with Crippen LogP contribution in [-0.2, 0) is 0 Å². The molecule has 0 saturated heterocycles. The number of hydrogen-bond donors (Lipinski definition) is 1. The van der Waals surface area contributed by atoms with Gasteiger partial charge in [0.05, 0.1) is 23.9 Å². The summed E-state index contributed by atoms with van der Waals surface area (Å²) in [6, 6.07) is 5.52. The minimum Gasteiger partial charge on any atom is -0.497 e. The van der Waals surface area contributed by atoms with Gasteiger partial charge in [0.25, 0.3) is 5.91 Å². The predicted octanol–water partition coefficient (Wildman–Crippen LogP) is 1.37. The average molecular weight is 266 g/mol. The van der Waals surface area contributed by atoms with E-state index in [-0.39, 0.29) is 12.5 Å². The molecule has 0 atom stereocenters. The van der Waals surface area contributed by atoms with Gasteiger partial charge in [-0.3, -0.25) is 4.79 Å². The number of nitrogens with zero attached hydrogens (tertiary/aromatic N) is 2. The smallest absolute Gasteiger partial charge is 0.282 e. The van der Waals surface area contributed by atoms with E-state index in [1.165, 1.54) is 16.2 Å². The second kappa shape index (κ2) is 5.32. The zero-order valence-electron chi connectivity index (χ0n) is 10.2. The van der Waals surface area contributed by atoms with Crippen molar-refractivity contribution in [3.8, 4) is 5.75 Å². The van der Waals surface area contributed by atoms with Crippen LogP contribution in [0.5, 0.6) is 5.75 Å². The number of aliphatic hydroxyl groups is 1. The van der Waals surface area contributed by atoms with Crippen molar-refractivity contribution in [3.05, 3.63) is 23.2 Å². The van der Waals surface area contributed by atoms with Gasteiger partial charge in [-0.05, 0) is 12.1 Å². The van der Waals surface area contributed by atoms with Gasteiger partial charge in [-0.15, -0.1) is 11.3 Å². The molecule has 6 heteroatoms. The van der Waals surface area contributed by atoms with E-state index >= 15 is 0 Å². The maximum atomic E-state index is 12.0. The molecular formula is C12H14N2O3S. The van der Waals surface area contributed by atoms with Gasteiger partial charge in [0, 0.05) is 19.7 Å². The molecule has 0 radical (unpaired) electrons. The summed E-state index contributed by atoms with van der Waals surface area (Å²) >= 11 is 1.34. The van der Waals surface area contributed by atoms with Crippen LogP contribution in [0, 0.1) is 0 Å². The van der Waals surface area contributed by atoms with Crippen molar-refractivity contribution >= 4 is 27.5 Å². The highest BCUT2D eigenvalue weighted by molar-refractivity contribution is 7.20. The number of methoxy groups -OCH3 is 1. The molecule has 0 saturated carbocycles. The predicted molar refractivity (Wildman–Crippen MR) is 70.2 cm³/mol. The highest BCUT2D eigenvalue weighted by Gasteiger charge is 2.16. The lowest BCUT2D eigenvalue weighted by atomic mass is 10.3. The second-order valence-electron chi connectivity index (χ2n) is 3.80. The monoisotopic (exact) mass is 266 g/mol. The zero-order valence-corrected chi connectivity index (χ0v) is 11.0. The first-order valence-electron chi connectivity index (χ1n) is 5.46. The van der Waals surface area contributed by atoms with Crippen LogP contribution in [-0.4, -0.2) is 48.2 Å². The summed E-state index contributed by atoms with van der Waals surface area (Å²) in [6.45, 7) is 0.249. The molecule has 0 aliphatic rings. The molecule has 96 valence electrons. The third kappa shape index (κ3) is 2.44. The fourth-order valence-corrected chi connectivity index (χ4v) is 2.48. The lowest BCUT2D eigenvalue weighted by Crippen LogP contribution is -2.29. The molecule has 0 spiro atoms. The number of aliphatic hydroxyl groups excluding tert-OH is 1. The molecule has 18 heavy (non-hydrogen) atoms. The Labute approximate surface area is 109 Å². The molecule has 1 aromatic heterocycles. The van der Waals surface area contributed by atoms with Crippen LogP contribution in [0.3, 0.4) is 0 Å². The van der Waals surface area contributed by atoms with Crippen molar-refractivity contribution in [2.24, 2.45) is 0 Å². The van der Waals surface area contributed by atoms with Crippen LogP contribution in [0.2, 0.25) is 0 Å². The van der Waals surface area contributed by atoms with Crippen LogP contribution < -0.4 is 4.74 Å². The van der Waals surface area contributed by atoms with Gasteiger partial charge in [0.2, 0.25) is 0 Å². The van der Waals surface area contributed by atoms with Crippen LogP contribution in [0.15, 0.2) is 18.2 Å². The zero-order chi connectivity index (χ0) is 13.1. The molecule has 0 fully saturated rings. The second-order valence-corrected chi connectivity index (χ2v) is 4.83. The topological polar surface area (TPSA) is 62.7 Å². The lowest BCUT2D eigenvalue weighted by molar-refractivity contribution is 0.0767. The first kappa shape index (κ1) is 12.8. The van der Waals surface area contributed by atoms with E-state index in [0.717, 1.165) is 16.0 Å². The SMILES string of the molecule is COc1ccc2sc(C(=O)N(C)CCO)nc2c1. The molecule has 1 aromatic carbocycles. The third-order valence-corrected chi connectivity index (χ3v) is 3.58. The van der Waals surface area contributed by atoms with Gasteiger partial charge < -0.3 is 14.7 Å². The number of benzene rings is 1. The van der Waals surface area contributed by atoms with Crippen molar-refractivity contribution < 1.29 is 14.6 Å². The van der Waals surface area contributed by atoms with Gasteiger partial charge in [-0.25, -0.2) is 4.98 Å². The minimum absolute atomic E-state index is 0.0546. The first-order chi connectivity index (χ1) is 8.65. The molecule has 0 aliphatic heterocycles. The first-order valence-corrected chi connectivity index (χ1v) is 6.28. The normalized spacial score (nSPS) is 10.6. The van der Waals surface area contributed by atoms with Crippen LogP contribution in [0.4, 0.5) is 0 Å². The van der Waals surface area contributed by atoms with Crippen molar-refractivity contribution in [2.75, 3.05) is 27.3 Å². The van der Waals surface area contributed by atoms with Crippen LogP contribution in [0.25, 0.3) is 10.2 Å². The Kier molecular flexibility index (Phi) is 3.78. The van der Waals surface area contributed by atoms with Crippen molar-refractivity contribution in [1.29, 1.82) is 0 Å². The fraction of sp³-hybridized carbons (Fsp3) is 0.333. The summed E-state index contributed by atoms with van der Waals surface area (Å²) in [5, 5.41) is 9.24. The Hall–Kier alpha value is -1.66. The Morgan fingerprint density at radius 2 is 2.33 bits per heavy atom. The van der Waals surface area contributed by atoms with Crippen molar-refractivity contribution in [1.82, 2.24) is 9.88 Å². The number of amides is 1. The lowest BCUT2D eigenvalue weighted by Gasteiger charge is -2.12. The maximum Gasteiger partial charge on any atom is 0.282 e. The standard InChI is InChI=1S/C12H14N2O3S/c1-14(5-6-15)12(16)11-13-9-7-8(17-2)3-4-10(9)18-11/h3-4,7,15H,5-6H2,1-2H3. The molecule has 0 bridgehead atoms. The van der Waals surface area contributed by atoms with E-state index in [1.54, 1.807) is 20.2 Å². The molecule has 1 amide bonds. The molecule has 2 aromatic rings. The Morgan fingerprint density at radius 3 is 3.00 bits per heavy atom. The molecule has 5 nitrogen and oxygen atoms in total. The number of likely N-dealkylation sites (N-methyl/N-ethyl adjacent to an activating group) is 1. The van der Waals surface area contributed by atoms with Gasteiger partial charge in [0.1, 0.15) is 5.75 Å². The average Bonchev–Trinajstić information content (AvgIpc) is 2.80. The number of hydrogen-bond acceptors (Lipinski definition) is 5. The highest BCUT2D eigenvalue weighted by atomic mass is 32.1. The summed E-state index contributed by atoms with van der Waals surface area (Å²) in [7, 11) is 3.24. The van der Waals surface area contributed by atoms with E-state index in [0.29, 0.717) is 11.6 Å². The maximum absolute atomic E-state index is 12.0. The van der Waals surface area contributed by atoms with E-state index in [4.69, 9.17) is 9.84 Å². The van der Waals surface area contributed by atoms with Crippen molar-refractivity contribution in [3.63, 3.8) is 0 Å². The number of carbonyl (C=O) groups is 1. The van der Waals surface area contributed by atoms with E-state index in [1.807, 2.05) is 12.1 Å². The quantitative estimate of drug-likeness (QED) is 0.908. The van der Waals surface area contributed by atoms with Crippen molar-refractivity contribution in [2.45, 2.75) is 0 Å². The number of aromatic nitrogens is 1. The summed E-state index contributed by atoms with van der Waals surface area (Å²) in [5.74, 6) is 0.541. The number of carbonyl (C=O) groups excluding carboxylic acids is 1. The van der Waals surface area contributed by atoms with Gasteiger partial charge >= 0.3 is 0 Å². The van der Waals surface area contributed by atoms with Crippen LogP contribution >= 0.6 is 11.3 Å². The van der Waals surface area contributed by atoms with E-state index < -0.39 is 0 Å². The largest absolute Gasteiger partial charge is 0.497 e. The summed E-state index contributed by atoms with van der Waals surface area (Å²) < 4.78 is 6.06. The molecule has 0 unspecified atom stereocenters. The molecule has 1 heterocycles. The Balaban J connectivity index is 2.32. The number of thiazole rings is 1. The Bertz CT molecular complexity index is 567. The Morgan fingerprint density at radius 1 is 1.56 bits per heavy atom. The summed E-state index contributed by atoms with van der Waals surface area (Å²) in [6.07, 6.45) is 0. The van der Waals surface area contributed by atoms with E-state index in [2.05, 4.69) is 4.98 Å². The van der Waals surface area contributed by atoms with Gasteiger partial charge in [-0.2, -0.15) is 0 Å².